The van der Waals surface area contributed by atoms with E-state index in [0.717, 1.165) is 10.5 Å². The van der Waals surface area contributed by atoms with Gasteiger partial charge in [0.05, 0.1) is 5.69 Å². The van der Waals surface area contributed by atoms with Crippen LogP contribution in [0.1, 0.15) is 12.0 Å². The fourth-order valence-electron chi connectivity index (χ4n) is 1.56. The summed E-state index contributed by atoms with van der Waals surface area (Å²) in [7, 11) is 0. The molecule has 0 spiro atoms. The molecule has 1 saturated heterocycles. The fraction of sp³-hybridized carbons (Fsp3) is 0.273. The number of urea groups is 1. The van der Waals surface area contributed by atoms with Gasteiger partial charge in [-0.15, -0.1) is 0 Å². The van der Waals surface area contributed by atoms with Gasteiger partial charge in [0.25, 0.3) is 0 Å². The van der Waals surface area contributed by atoms with Gasteiger partial charge in [-0.1, -0.05) is 17.7 Å². The number of nitrogens with zero attached hydrogens (tertiary/aromatic N) is 1. The molecule has 16 heavy (non-hydrogen) atoms. The van der Waals surface area contributed by atoms with Crippen molar-refractivity contribution in [3.63, 3.8) is 0 Å². The van der Waals surface area contributed by atoms with Gasteiger partial charge in [0, 0.05) is 18.0 Å². The van der Waals surface area contributed by atoms with Crippen LogP contribution in [-0.2, 0) is 4.79 Å². The standard InChI is InChI=1S/C11H11ClN2O2/c1-7-2-3-8(6-9(7)12)14-10(15)4-5-13-11(14)16/h2-3,6H,4-5H2,1H3,(H,13,16). The Kier molecular flexibility index (Phi) is 2.83. The van der Waals surface area contributed by atoms with Gasteiger partial charge in [0.15, 0.2) is 0 Å². The van der Waals surface area contributed by atoms with Gasteiger partial charge in [-0.2, -0.15) is 0 Å². The van der Waals surface area contributed by atoms with Crippen LogP contribution in [0.15, 0.2) is 18.2 Å². The normalized spacial score (nSPS) is 16.2. The van der Waals surface area contributed by atoms with Crippen molar-refractivity contribution >= 4 is 29.2 Å². The lowest BCUT2D eigenvalue weighted by Gasteiger charge is -2.25. The Balaban J connectivity index is 2.38. The highest BCUT2D eigenvalue weighted by Gasteiger charge is 2.27. The van der Waals surface area contributed by atoms with Gasteiger partial charge in [-0.25, -0.2) is 9.69 Å². The minimum absolute atomic E-state index is 0.205. The van der Waals surface area contributed by atoms with Crippen LogP contribution in [0, 0.1) is 6.92 Å². The van der Waals surface area contributed by atoms with Crippen molar-refractivity contribution in [1.82, 2.24) is 5.32 Å². The second-order valence-corrected chi connectivity index (χ2v) is 4.05. The minimum atomic E-state index is -0.392. The van der Waals surface area contributed by atoms with E-state index < -0.39 is 6.03 Å². The minimum Gasteiger partial charge on any atom is -0.337 e. The van der Waals surface area contributed by atoms with Crippen LogP contribution in [0.2, 0.25) is 5.02 Å². The summed E-state index contributed by atoms with van der Waals surface area (Å²) < 4.78 is 0. The fourth-order valence-corrected chi connectivity index (χ4v) is 1.74. The summed E-state index contributed by atoms with van der Waals surface area (Å²) in [6.45, 7) is 2.26. The van der Waals surface area contributed by atoms with E-state index in [0.29, 0.717) is 23.7 Å². The van der Waals surface area contributed by atoms with Gasteiger partial charge < -0.3 is 5.32 Å². The van der Waals surface area contributed by atoms with Crippen LogP contribution >= 0.6 is 11.6 Å². The molecule has 0 aliphatic carbocycles. The molecule has 84 valence electrons. The van der Waals surface area contributed by atoms with Gasteiger partial charge in [-0.05, 0) is 24.6 Å². The lowest BCUT2D eigenvalue weighted by Crippen LogP contribution is -2.50. The molecule has 4 nitrogen and oxygen atoms in total. The number of carbonyl (C=O) groups is 2. The molecule has 0 radical (unpaired) electrons. The highest BCUT2D eigenvalue weighted by Crippen LogP contribution is 2.24. The van der Waals surface area contributed by atoms with E-state index in [4.69, 9.17) is 11.6 Å². The zero-order valence-corrected chi connectivity index (χ0v) is 9.54. The number of imide groups is 1. The Bertz CT molecular complexity index is 443. The number of hydrogen-bond donors (Lipinski definition) is 1. The third-order valence-corrected chi connectivity index (χ3v) is 2.89. The number of amides is 3. The van der Waals surface area contributed by atoms with Crippen molar-refractivity contribution in [2.75, 3.05) is 11.4 Å². The summed E-state index contributed by atoms with van der Waals surface area (Å²) in [5.74, 6) is -0.205. The predicted octanol–water partition coefficient (Wildman–Crippen LogP) is 2.09. The molecule has 1 fully saturated rings. The van der Waals surface area contributed by atoms with E-state index in [2.05, 4.69) is 5.32 Å². The first-order valence-corrected chi connectivity index (χ1v) is 5.34. The summed E-state index contributed by atoms with van der Waals surface area (Å²) >= 11 is 5.96. The molecule has 1 aromatic carbocycles. The van der Waals surface area contributed by atoms with Crippen molar-refractivity contribution in [3.8, 4) is 0 Å². The van der Waals surface area contributed by atoms with E-state index in [9.17, 15) is 9.59 Å². The van der Waals surface area contributed by atoms with Crippen LogP contribution in [0.25, 0.3) is 0 Å². The van der Waals surface area contributed by atoms with E-state index in [1.165, 1.54) is 0 Å². The van der Waals surface area contributed by atoms with Crippen LogP contribution < -0.4 is 10.2 Å². The third-order valence-electron chi connectivity index (χ3n) is 2.48. The van der Waals surface area contributed by atoms with Crippen molar-refractivity contribution in [2.45, 2.75) is 13.3 Å². The molecule has 1 aliphatic rings. The largest absolute Gasteiger partial charge is 0.337 e. The third kappa shape index (κ3) is 1.88. The molecule has 1 N–H and O–H groups in total. The van der Waals surface area contributed by atoms with Gasteiger partial charge in [0.2, 0.25) is 5.91 Å². The number of anilines is 1. The number of benzene rings is 1. The Morgan fingerprint density at radius 2 is 2.12 bits per heavy atom. The lowest BCUT2D eigenvalue weighted by atomic mass is 10.2. The van der Waals surface area contributed by atoms with E-state index >= 15 is 0 Å². The Hall–Kier alpha value is -1.55. The molecule has 1 heterocycles. The molecule has 5 heteroatoms. The summed E-state index contributed by atoms with van der Waals surface area (Å²) in [5.41, 5.74) is 1.42. The second-order valence-electron chi connectivity index (χ2n) is 3.64. The van der Waals surface area contributed by atoms with Gasteiger partial charge >= 0.3 is 6.03 Å². The molecule has 0 unspecified atom stereocenters. The lowest BCUT2D eigenvalue weighted by molar-refractivity contribution is -0.118. The smallest absolute Gasteiger partial charge is 0.328 e. The number of carbonyl (C=O) groups excluding carboxylic acids is 2. The molecular weight excluding hydrogens is 228 g/mol. The summed E-state index contributed by atoms with van der Waals surface area (Å²) in [4.78, 5) is 24.3. The molecule has 1 aromatic rings. The zero-order chi connectivity index (χ0) is 11.7. The molecule has 0 atom stereocenters. The van der Waals surface area contributed by atoms with Gasteiger partial charge in [0.1, 0.15) is 0 Å². The summed E-state index contributed by atoms with van der Waals surface area (Å²) in [6, 6.07) is 4.73. The number of hydrogen-bond acceptors (Lipinski definition) is 2. The van der Waals surface area contributed by atoms with Crippen LogP contribution in [0.4, 0.5) is 10.5 Å². The highest BCUT2D eigenvalue weighted by molar-refractivity contribution is 6.32. The molecule has 3 amide bonds. The van der Waals surface area contributed by atoms with Crippen LogP contribution in [0.3, 0.4) is 0 Å². The summed E-state index contributed by atoms with van der Waals surface area (Å²) in [5, 5.41) is 3.16. The van der Waals surface area contributed by atoms with Gasteiger partial charge in [-0.3, -0.25) is 4.79 Å². The molecule has 1 aliphatic heterocycles. The maximum atomic E-state index is 11.6. The second kappa shape index (κ2) is 4.14. The van der Waals surface area contributed by atoms with Crippen molar-refractivity contribution < 1.29 is 9.59 Å². The average Bonchev–Trinajstić information content (AvgIpc) is 2.23. The quantitative estimate of drug-likeness (QED) is 0.815. The average molecular weight is 239 g/mol. The maximum Gasteiger partial charge on any atom is 0.328 e. The Labute approximate surface area is 98.2 Å². The van der Waals surface area contributed by atoms with Crippen LogP contribution in [0.5, 0.6) is 0 Å². The summed E-state index contributed by atoms with van der Waals surface area (Å²) in [6.07, 6.45) is 0.317. The molecule has 0 bridgehead atoms. The highest BCUT2D eigenvalue weighted by atomic mass is 35.5. The first-order valence-electron chi connectivity index (χ1n) is 4.96. The Morgan fingerprint density at radius 1 is 1.38 bits per heavy atom. The zero-order valence-electron chi connectivity index (χ0n) is 8.79. The van der Waals surface area contributed by atoms with Crippen molar-refractivity contribution in [1.29, 1.82) is 0 Å². The first kappa shape index (κ1) is 11.0. The number of halogens is 1. The topological polar surface area (TPSA) is 49.4 Å². The number of nitrogens with one attached hydrogen (secondary N) is 1. The van der Waals surface area contributed by atoms with Crippen molar-refractivity contribution in [3.05, 3.63) is 28.8 Å². The number of rotatable bonds is 1. The van der Waals surface area contributed by atoms with E-state index in [1.807, 2.05) is 6.92 Å². The first-order chi connectivity index (χ1) is 7.59. The van der Waals surface area contributed by atoms with Crippen LogP contribution in [-0.4, -0.2) is 18.5 Å². The number of aryl methyl sites for hydroxylation is 1. The predicted molar refractivity (Wildman–Crippen MR) is 61.7 cm³/mol. The molecule has 0 saturated carbocycles. The van der Waals surface area contributed by atoms with E-state index in [1.54, 1.807) is 18.2 Å². The maximum absolute atomic E-state index is 11.6. The van der Waals surface area contributed by atoms with Crippen molar-refractivity contribution in [2.24, 2.45) is 0 Å². The molecule has 0 aromatic heterocycles. The SMILES string of the molecule is Cc1ccc(N2C(=O)CCNC2=O)cc1Cl. The Morgan fingerprint density at radius 3 is 2.75 bits per heavy atom. The monoisotopic (exact) mass is 238 g/mol. The van der Waals surface area contributed by atoms with E-state index in [-0.39, 0.29) is 5.91 Å². The molecular formula is C11H11ClN2O2. The molecule has 2 rings (SSSR count).